The minimum atomic E-state index is 0.210. The summed E-state index contributed by atoms with van der Waals surface area (Å²) in [7, 11) is 1.94. The number of nitrogens with zero attached hydrogens (tertiary/aromatic N) is 2. The molecule has 1 aromatic rings. The zero-order chi connectivity index (χ0) is 16.1. The standard InChI is InChI=1S/C19H29N3O/c1-21(15-16-5-3-2-4-6-16)19(23)17-9-13-22(14-10-17)18-7-11-20-12-8-18/h2-6,17-18,20H,7-15H2,1H3. The number of hydrogen-bond donors (Lipinski definition) is 1. The topological polar surface area (TPSA) is 35.6 Å². The van der Waals surface area contributed by atoms with Crippen LogP contribution in [0, 0.1) is 5.92 Å². The van der Waals surface area contributed by atoms with Crippen LogP contribution in [0.25, 0.3) is 0 Å². The quantitative estimate of drug-likeness (QED) is 0.924. The van der Waals surface area contributed by atoms with Crippen LogP contribution < -0.4 is 5.32 Å². The van der Waals surface area contributed by atoms with E-state index in [-0.39, 0.29) is 5.92 Å². The molecule has 1 aromatic carbocycles. The third kappa shape index (κ3) is 4.33. The molecule has 4 heteroatoms. The average molecular weight is 315 g/mol. The van der Waals surface area contributed by atoms with Crippen molar-refractivity contribution in [1.82, 2.24) is 15.1 Å². The highest BCUT2D eigenvalue weighted by molar-refractivity contribution is 5.78. The lowest BCUT2D eigenvalue weighted by Crippen LogP contribution is -2.48. The Bertz CT molecular complexity index is 491. The van der Waals surface area contributed by atoms with Gasteiger partial charge in [-0.1, -0.05) is 30.3 Å². The molecule has 0 bridgehead atoms. The monoisotopic (exact) mass is 315 g/mol. The van der Waals surface area contributed by atoms with Crippen molar-refractivity contribution < 1.29 is 4.79 Å². The molecule has 0 spiro atoms. The second-order valence-electron chi connectivity index (χ2n) is 6.97. The molecule has 2 aliphatic heterocycles. The van der Waals surface area contributed by atoms with Crippen LogP contribution in [0.15, 0.2) is 30.3 Å². The lowest BCUT2D eigenvalue weighted by molar-refractivity contribution is -0.136. The van der Waals surface area contributed by atoms with E-state index in [1.165, 1.54) is 18.4 Å². The zero-order valence-electron chi connectivity index (χ0n) is 14.2. The lowest BCUT2D eigenvalue weighted by atomic mass is 9.92. The van der Waals surface area contributed by atoms with Gasteiger partial charge in [-0.25, -0.2) is 0 Å². The molecule has 126 valence electrons. The van der Waals surface area contributed by atoms with Crippen molar-refractivity contribution in [1.29, 1.82) is 0 Å². The Labute approximate surface area is 139 Å². The summed E-state index contributed by atoms with van der Waals surface area (Å²) in [6, 6.07) is 11.0. The fourth-order valence-electron chi connectivity index (χ4n) is 3.93. The molecular formula is C19H29N3O. The molecule has 4 nitrogen and oxygen atoms in total. The van der Waals surface area contributed by atoms with E-state index in [4.69, 9.17) is 0 Å². The Morgan fingerprint density at radius 2 is 1.78 bits per heavy atom. The molecule has 0 aliphatic carbocycles. The summed E-state index contributed by atoms with van der Waals surface area (Å²) in [5.74, 6) is 0.528. The van der Waals surface area contributed by atoms with Crippen molar-refractivity contribution in [2.75, 3.05) is 33.2 Å². The summed E-state index contributed by atoms with van der Waals surface area (Å²) in [4.78, 5) is 17.2. The fourth-order valence-corrected chi connectivity index (χ4v) is 3.93. The van der Waals surface area contributed by atoms with Crippen molar-refractivity contribution in [2.45, 2.75) is 38.3 Å². The number of nitrogens with one attached hydrogen (secondary N) is 1. The van der Waals surface area contributed by atoms with Crippen LogP contribution in [0.2, 0.25) is 0 Å². The van der Waals surface area contributed by atoms with Gasteiger partial charge >= 0.3 is 0 Å². The number of hydrogen-bond acceptors (Lipinski definition) is 3. The molecule has 23 heavy (non-hydrogen) atoms. The predicted octanol–water partition coefficient (Wildman–Crippen LogP) is 2.11. The van der Waals surface area contributed by atoms with Crippen LogP contribution in [0.3, 0.4) is 0 Å². The summed E-state index contributed by atoms with van der Waals surface area (Å²) in [5, 5.41) is 3.43. The Morgan fingerprint density at radius 1 is 1.13 bits per heavy atom. The highest BCUT2D eigenvalue weighted by Gasteiger charge is 2.30. The van der Waals surface area contributed by atoms with E-state index in [1.54, 1.807) is 0 Å². The Hall–Kier alpha value is -1.39. The lowest BCUT2D eigenvalue weighted by Gasteiger charge is -2.39. The van der Waals surface area contributed by atoms with E-state index in [0.717, 1.165) is 45.1 Å². The molecule has 0 atom stereocenters. The number of carbonyl (C=O) groups is 1. The second kappa shape index (κ2) is 7.93. The Balaban J connectivity index is 1.47. The smallest absolute Gasteiger partial charge is 0.225 e. The first-order valence-electron chi connectivity index (χ1n) is 8.97. The summed E-state index contributed by atoms with van der Waals surface area (Å²) in [6.45, 7) is 5.17. The zero-order valence-corrected chi connectivity index (χ0v) is 14.2. The van der Waals surface area contributed by atoms with Crippen molar-refractivity contribution in [3.05, 3.63) is 35.9 Å². The van der Waals surface area contributed by atoms with E-state index in [0.29, 0.717) is 12.5 Å². The maximum absolute atomic E-state index is 12.7. The number of rotatable bonds is 4. The molecule has 2 fully saturated rings. The van der Waals surface area contributed by atoms with Gasteiger partial charge in [-0.15, -0.1) is 0 Å². The molecule has 1 N–H and O–H groups in total. The fraction of sp³-hybridized carbons (Fsp3) is 0.632. The van der Waals surface area contributed by atoms with Crippen LogP contribution >= 0.6 is 0 Å². The van der Waals surface area contributed by atoms with Gasteiger partial charge in [0.05, 0.1) is 0 Å². The molecule has 2 heterocycles. The van der Waals surface area contributed by atoms with Crippen LogP contribution in [0.5, 0.6) is 0 Å². The van der Waals surface area contributed by atoms with Gasteiger partial charge in [-0.2, -0.15) is 0 Å². The number of likely N-dealkylation sites (tertiary alicyclic amines) is 1. The molecule has 3 rings (SSSR count). The van der Waals surface area contributed by atoms with Gasteiger partial charge < -0.3 is 15.1 Å². The van der Waals surface area contributed by atoms with E-state index in [2.05, 4.69) is 22.3 Å². The maximum atomic E-state index is 12.7. The first-order valence-corrected chi connectivity index (χ1v) is 8.97. The summed E-state index contributed by atoms with van der Waals surface area (Å²) >= 11 is 0. The molecule has 0 unspecified atom stereocenters. The van der Waals surface area contributed by atoms with Gasteiger partial charge in [0.1, 0.15) is 0 Å². The summed E-state index contributed by atoms with van der Waals surface area (Å²) in [6.07, 6.45) is 4.54. The summed E-state index contributed by atoms with van der Waals surface area (Å²) < 4.78 is 0. The van der Waals surface area contributed by atoms with Crippen molar-refractivity contribution in [2.24, 2.45) is 5.92 Å². The number of benzene rings is 1. The molecule has 2 aliphatic rings. The molecule has 0 aromatic heterocycles. The van der Waals surface area contributed by atoms with Crippen molar-refractivity contribution >= 4 is 5.91 Å². The highest BCUT2D eigenvalue weighted by atomic mass is 16.2. The minimum absolute atomic E-state index is 0.210. The first-order chi connectivity index (χ1) is 11.2. The van der Waals surface area contributed by atoms with E-state index < -0.39 is 0 Å². The highest BCUT2D eigenvalue weighted by Crippen LogP contribution is 2.24. The molecule has 2 saturated heterocycles. The van der Waals surface area contributed by atoms with Gasteiger partial charge in [0.2, 0.25) is 5.91 Å². The normalized spacial score (nSPS) is 21.3. The van der Waals surface area contributed by atoms with Gasteiger partial charge in [0, 0.05) is 25.6 Å². The maximum Gasteiger partial charge on any atom is 0.225 e. The Morgan fingerprint density at radius 3 is 2.43 bits per heavy atom. The number of piperidine rings is 2. The number of amides is 1. The van der Waals surface area contributed by atoms with Crippen molar-refractivity contribution in [3.63, 3.8) is 0 Å². The largest absolute Gasteiger partial charge is 0.341 e. The number of carbonyl (C=O) groups excluding carboxylic acids is 1. The molecule has 1 amide bonds. The van der Waals surface area contributed by atoms with E-state index in [9.17, 15) is 4.79 Å². The van der Waals surface area contributed by atoms with Gasteiger partial charge in [0.15, 0.2) is 0 Å². The van der Waals surface area contributed by atoms with Crippen LogP contribution in [-0.4, -0.2) is 55.0 Å². The van der Waals surface area contributed by atoms with Gasteiger partial charge in [-0.3, -0.25) is 4.79 Å². The van der Waals surface area contributed by atoms with Crippen LogP contribution in [-0.2, 0) is 11.3 Å². The van der Waals surface area contributed by atoms with Crippen LogP contribution in [0.1, 0.15) is 31.2 Å². The predicted molar refractivity (Wildman–Crippen MR) is 93.1 cm³/mol. The Kier molecular flexibility index (Phi) is 5.68. The average Bonchev–Trinajstić information content (AvgIpc) is 2.63. The second-order valence-corrected chi connectivity index (χ2v) is 6.97. The minimum Gasteiger partial charge on any atom is -0.341 e. The van der Waals surface area contributed by atoms with Crippen molar-refractivity contribution in [3.8, 4) is 0 Å². The van der Waals surface area contributed by atoms with Gasteiger partial charge in [-0.05, 0) is 57.4 Å². The van der Waals surface area contributed by atoms with Crippen LogP contribution in [0.4, 0.5) is 0 Å². The molecule has 0 radical (unpaired) electrons. The SMILES string of the molecule is CN(Cc1ccccc1)C(=O)C1CCN(C2CCNCC2)CC1. The van der Waals surface area contributed by atoms with E-state index >= 15 is 0 Å². The molecule has 0 saturated carbocycles. The van der Waals surface area contributed by atoms with Gasteiger partial charge in [0.25, 0.3) is 0 Å². The first kappa shape index (κ1) is 16.5. The molecular weight excluding hydrogens is 286 g/mol. The summed E-state index contributed by atoms with van der Waals surface area (Å²) in [5.41, 5.74) is 1.20. The van der Waals surface area contributed by atoms with E-state index in [1.807, 2.05) is 30.1 Å². The third-order valence-electron chi connectivity index (χ3n) is 5.34. The third-order valence-corrected chi connectivity index (χ3v) is 5.34.